The van der Waals surface area contributed by atoms with Crippen LogP contribution in [-0.4, -0.2) is 19.7 Å². The topological polar surface area (TPSA) is 55.6 Å². The van der Waals surface area contributed by atoms with Gasteiger partial charge in [-0.15, -0.1) is 11.3 Å². The van der Waals surface area contributed by atoms with Crippen LogP contribution in [-0.2, 0) is 0 Å². The molecule has 0 unspecified atom stereocenters. The zero-order valence-electron chi connectivity index (χ0n) is 12.0. The molecule has 0 saturated heterocycles. The summed E-state index contributed by atoms with van der Waals surface area (Å²) in [5, 5.41) is 9.80. The van der Waals surface area contributed by atoms with E-state index >= 15 is 0 Å². The Bertz CT molecular complexity index is 756. The minimum absolute atomic E-state index is 0.349. The van der Waals surface area contributed by atoms with Crippen LogP contribution in [0.25, 0.3) is 10.2 Å². The highest BCUT2D eigenvalue weighted by atomic mass is 32.1. The summed E-state index contributed by atoms with van der Waals surface area (Å²) < 4.78 is 3.01. The largest absolute Gasteiger partial charge is 0.336 e. The SMILES string of the molecule is Cc1nc(Nc2cnn(C(C)C)c2)c2scc(C)c2n1. The highest BCUT2D eigenvalue weighted by Gasteiger charge is 2.11. The van der Waals surface area contributed by atoms with Crippen molar-refractivity contribution in [2.24, 2.45) is 0 Å². The van der Waals surface area contributed by atoms with Crippen LogP contribution in [0.3, 0.4) is 0 Å². The molecule has 0 fully saturated rings. The van der Waals surface area contributed by atoms with E-state index in [2.05, 4.69) is 46.5 Å². The molecule has 0 radical (unpaired) electrons. The number of aromatic nitrogens is 4. The van der Waals surface area contributed by atoms with Crippen molar-refractivity contribution in [3.05, 3.63) is 29.2 Å². The molecule has 0 aliphatic carbocycles. The van der Waals surface area contributed by atoms with Crippen LogP contribution in [0.5, 0.6) is 0 Å². The van der Waals surface area contributed by atoms with Gasteiger partial charge in [0.25, 0.3) is 0 Å². The molecule has 0 saturated carbocycles. The summed E-state index contributed by atoms with van der Waals surface area (Å²) in [6, 6.07) is 0.349. The average Bonchev–Trinajstić information content (AvgIpc) is 2.98. The molecule has 3 heterocycles. The lowest BCUT2D eigenvalue weighted by Gasteiger charge is -2.06. The monoisotopic (exact) mass is 287 g/mol. The van der Waals surface area contributed by atoms with E-state index in [0.29, 0.717) is 6.04 Å². The van der Waals surface area contributed by atoms with E-state index in [4.69, 9.17) is 0 Å². The fourth-order valence-corrected chi connectivity index (χ4v) is 2.98. The van der Waals surface area contributed by atoms with Crippen molar-refractivity contribution in [3.8, 4) is 0 Å². The van der Waals surface area contributed by atoms with Crippen molar-refractivity contribution in [1.82, 2.24) is 19.7 Å². The Morgan fingerprint density at radius 1 is 1.25 bits per heavy atom. The number of aryl methyl sites for hydroxylation is 2. The second kappa shape index (κ2) is 4.86. The number of rotatable bonds is 3. The molecule has 0 aliphatic heterocycles. The molecule has 0 spiro atoms. The Hall–Kier alpha value is -1.95. The Morgan fingerprint density at radius 3 is 2.75 bits per heavy atom. The molecule has 0 atom stereocenters. The second-order valence-corrected chi connectivity index (χ2v) is 6.02. The zero-order chi connectivity index (χ0) is 14.3. The number of nitrogens with zero attached hydrogens (tertiary/aromatic N) is 4. The average molecular weight is 287 g/mol. The lowest BCUT2D eigenvalue weighted by molar-refractivity contribution is 0.532. The van der Waals surface area contributed by atoms with Crippen molar-refractivity contribution in [3.63, 3.8) is 0 Å². The molecule has 0 amide bonds. The van der Waals surface area contributed by atoms with Crippen molar-refractivity contribution >= 4 is 33.1 Å². The first kappa shape index (κ1) is 13.1. The van der Waals surface area contributed by atoms with Gasteiger partial charge in [-0.25, -0.2) is 9.97 Å². The number of hydrogen-bond donors (Lipinski definition) is 1. The fraction of sp³-hybridized carbons (Fsp3) is 0.357. The van der Waals surface area contributed by atoms with Gasteiger partial charge in [-0.3, -0.25) is 4.68 Å². The van der Waals surface area contributed by atoms with Crippen LogP contribution in [0.2, 0.25) is 0 Å². The zero-order valence-corrected chi connectivity index (χ0v) is 12.8. The number of hydrogen-bond acceptors (Lipinski definition) is 5. The molecule has 0 aliphatic rings. The highest BCUT2D eigenvalue weighted by molar-refractivity contribution is 7.18. The Morgan fingerprint density at radius 2 is 2.05 bits per heavy atom. The van der Waals surface area contributed by atoms with E-state index in [1.54, 1.807) is 11.3 Å². The Kier molecular flexibility index (Phi) is 3.17. The molecule has 0 aromatic carbocycles. The van der Waals surface area contributed by atoms with Crippen molar-refractivity contribution in [2.75, 3.05) is 5.32 Å². The van der Waals surface area contributed by atoms with E-state index in [1.807, 2.05) is 24.0 Å². The highest BCUT2D eigenvalue weighted by Crippen LogP contribution is 2.31. The predicted molar refractivity (Wildman–Crippen MR) is 82.8 cm³/mol. The van der Waals surface area contributed by atoms with Crippen LogP contribution in [0.15, 0.2) is 17.8 Å². The summed E-state index contributed by atoms with van der Waals surface area (Å²) in [6.07, 6.45) is 3.82. The molecule has 0 bridgehead atoms. The molecule has 5 nitrogen and oxygen atoms in total. The van der Waals surface area contributed by atoms with Crippen molar-refractivity contribution in [1.29, 1.82) is 0 Å². The number of anilines is 2. The van der Waals surface area contributed by atoms with Gasteiger partial charge in [-0.1, -0.05) is 0 Å². The summed E-state index contributed by atoms with van der Waals surface area (Å²) in [7, 11) is 0. The first-order valence-corrected chi connectivity index (χ1v) is 7.46. The molecule has 3 aromatic rings. The molecule has 3 rings (SSSR count). The number of thiophene rings is 1. The van der Waals surface area contributed by atoms with Crippen molar-refractivity contribution < 1.29 is 0 Å². The van der Waals surface area contributed by atoms with E-state index in [9.17, 15) is 0 Å². The predicted octanol–water partition coefficient (Wildman–Crippen LogP) is 3.83. The summed E-state index contributed by atoms with van der Waals surface area (Å²) in [6.45, 7) is 8.20. The van der Waals surface area contributed by atoms with E-state index in [0.717, 1.165) is 27.5 Å². The molecule has 104 valence electrons. The Balaban J connectivity index is 2.01. The van der Waals surface area contributed by atoms with Crippen LogP contribution in [0, 0.1) is 13.8 Å². The standard InChI is InChI=1S/C14H17N5S/c1-8(2)19-6-11(5-15-19)18-14-13-12(9(3)7-20-13)16-10(4)17-14/h5-8H,1-4H3,(H,16,17,18). The van der Waals surface area contributed by atoms with Gasteiger partial charge in [-0.2, -0.15) is 5.10 Å². The summed E-state index contributed by atoms with van der Waals surface area (Å²) >= 11 is 1.67. The third-order valence-electron chi connectivity index (χ3n) is 3.10. The van der Waals surface area contributed by atoms with Gasteiger partial charge in [0.2, 0.25) is 0 Å². The number of nitrogens with one attached hydrogen (secondary N) is 1. The van der Waals surface area contributed by atoms with Gasteiger partial charge in [0, 0.05) is 12.2 Å². The quantitative estimate of drug-likeness (QED) is 0.795. The lowest BCUT2D eigenvalue weighted by atomic mass is 10.3. The van der Waals surface area contributed by atoms with Crippen LogP contribution < -0.4 is 5.32 Å². The fourth-order valence-electron chi connectivity index (χ4n) is 2.05. The molecule has 1 N–H and O–H groups in total. The minimum atomic E-state index is 0.349. The lowest BCUT2D eigenvalue weighted by Crippen LogP contribution is -2.00. The third-order valence-corrected chi connectivity index (χ3v) is 4.19. The van der Waals surface area contributed by atoms with E-state index in [1.165, 1.54) is 5.56 Å². The normalized spacial score (nSPS) is 11.4. The maximum atomic E-state index is 4.52. The smallest absolute Gasteiger partial charge is 0.152 e. The van der Waals surface area contributed by atoms with Crippen LogP contribution in [0.4, 0.5) is 11.5 Å². The maximum absolute atomic E-state index is 4.52. The van der Waals surface area contributed by atoms with Gasteiger partial charge in [0.05, 0.1) is 22.1 Å². The van der Waals surface area contributed by atoms with E-state index in [-0.39, 0.29) is 0 Å². The van der Waals surface area contributed by atoms with Crippen molar-refractivity contribution in [2.45, 2.75) is 33.7 Å². The molecule has 6 heteroatoms. The van der Waals surface area contributed by atoms with Gasteiger partial charge < -0.3 is 5.32 Å². The first-order valence-electron chi connectivity index (χ1n) is 6.58. The molecular formula is C14H17N5S. The van der Waals surface area contributed by atoms with Gasteiger partial charge in [0.15, 0.2) is 5.82 Å². The van der Waals surface area contributed by atoms with Gasteiger partial charge in [0.1, 0.15) is 5.82 Å². The number of fused-ring (bicyclic) bond motifs is 1. The summed E-state index contributed by atoms with van der Waals surface area (Å²) in [5.74, 6) is 1.63. The molecular weight excluding hydrogens is 270 g/mol. The van der Waals surface area contributed by atoms with Crippen LogP contribution in [0.1, 0.15) is 31.3 Å². The summed E-state index contributed by atoms with van der Waals surface area (Å²) in [5.41, 5.74) is 3.17. The maximum Gasteiger partial charge on any atom is 0.152 e. The van der Waals surface area contributed by atoms with Gasteiger partial charge >= 0.3 is 0 Å². The first-order chi connectivity index (χ1) is 9.54. The Labute approximate surface area is 121 Å². The van der Waals surface area contributed by atoms with Gasteiger partial charge in [-0.05, 0) is 38.6 Å². The third kappa shape index (κ3) is 2.27. The summed E-state index contributed by atoms with van der Waals surface area (Å²) in [4.78, 5) is 9.02. The van der Waals surface area contributed by atoms with E-state index < -0.39 is 0 Å². The second-order valence-electron chi connectivity index (χ2n) is 5.14. The molecule has 20 heavy (non-hydrogen) atoms. The molecule has 3 aromatic heterocycles. The van der Waals surface area contributed by atoms with Crippen LogP contribution >= 0.6 is 11.3 Å². The minimum Gasteiger partial charge on any atom is -0.336 e.